The Balaban J connectivity index is 2.23. The zero-order chi connectivity index (χ0) is 17.9. The number of hydrogen-bond donors (Lipinski definition) is 2. The monoisotopic (exact) mass is 339 g/mol. The summed E-state index contributed by atoms with van der Waals surface area (Å²) in [6, 6.07) is -0.565. The number of carbonyl (C=O) groups excluding carboxylic acids is 3. The number of nitrogens with one attached hydrogen (secondary N) is 2. The first-order valence-corrected chi connectivity index (χ1v) is 9.32. The number of amides is 3. The van der Waals surface area contributed by atoms with Crippen molar-refractivity contribution in [3.05, 3.63) is 0 Å². The van der Waals surface area contributed by atoms with Crippen molar-refractivity contribution in [3.63, 3.8) is 0 Å². The van der Waals surface area contributed by atoms with Crippen LogP contribution in [-0.4, -0.2) is 48.3 Å². The van der Waals surface area contributed by atoms with Gasteiger partial charge in [0.2, 0.25) is 17.7 Å². The van der Waals surface area contributed by atoms with Gasteiger partial charge in [0.05, 0.1) is 0 Å². The quantitative estimate of drug-likeness (QED) is 0.673. The molecule has 0 aliphatic heterocycles. The third-order valence-corrected chi connectivity index (χ3v) is 4.72. The fourth-order valence-corrected chi connectivity index (χ4v) is 3.20. The maximum absolute atomic E-state index is 12.0. The van der Waals surface area contributed by atoms with E-state index in [0.29, 0.717) is 32.0 Å². The lowest BCUT2D eigenvalue weighted by molar-refractivity contribution is -0.131. The van der Waals surface area contributed by atoms with Crippen LogP contribution >= 0.6 is 0 Å². The molecule has 0 aromatic rings. The summed E-state index contributed by atoms with van der Waals surface area (Å²) in [6.07, 6.45) is 6.70. The number of nitrogens with zero attached hydrogens (tertiary/aromatic N) is 1. The Morgan fingerprint density at radius 3 is 2.29 bits per heavy atom. The molecular formula is C18H33N3O3. The van der Waals surface area contributed by atoms with Crippen LogP contribution in [0.4, 0.5) is 0 Å². The highest BCUT2D eigenvalue weighted by atomic mass is 16.2. The van der Waals surface area contributed by atoms with Gasteiger partial charge in [0, 0.05) is 32.5 Å². The summed E-state index contributed by atoms with van der Waals surface area (Å²) in [7, 11) is 0. The van der Waals surface area contributed by atoms with Crippen LogP contribution in [0.5, 0.6) is 0 Å². The van der Waals surface area contributed by atoms with E-state index in [1.54, 1.807) is 11.8 Å². The van der Waals surface area contributed by atoms with E-state index in [1.165, 1.54) is 19.3 Å². The predicted molar refractivity (Wildman–Crippen MR) is 94.4 cm³/mol. The smallest absolute Gasteiger partial charge is 0.242 e. The highest BCUT2D eigenvalue weighted by molar-refractivity contribution is 5.87. The van der Waals surface area contributed by atoms with Crippen molar-refractivity contribution in [2.75, 3.05) is 19.6 Å². The number of hydrogen-bond acceptors (Lipinski definition) is 3. The minimum absolute atomic E-state index is 0.0364. The van der Waals surface area contributed by atoms with E-state index in [-0.39, 0.29) is 24.1 Å². The van der Waals surface area contributed by atoms with E-state index in [0.717, 1.165) is 12.8 Å². The molecule has 1 rings (SSSR count). The summed E-state index contributed by atoms with van der Waals surface area (Å²) in [5, 5.41) is 5.49. The predicted octanol–water partition coefficient (Wildman–Crippen LogP) is 1.84. The Kier molecular flexibility index (Phi) is 9.42. The molecule has 1 aliphatic carbocycles. The maximum atomic E-state index is 12.0. The third kappa shape index (κ3) is 7.32. The van der Waals surface area contributed by atoms with Gasteiger partial charge in [0.1, 0.15) is 6.04 Å². The summed E-state index contributed by atoms with van der Waals surface area (Å²) >= 11 is 0. The van der Waals surface area contributed by atoms with E-state index in [9.17, 15) is 14.4 Å². The fraction of sp³-hybridized carbons (Fsp3) is 0.833. The molecule has 2 N–H and O–H groups in total. The van der Waals surface area contributed by atoms with Gasteiger partial charge in [-0.25, -0.2) is 0 Å². The van der Waals surface area contributed by atoms with E-state index >= 15 is 0 Å². The molecule has 0 bridgehead atoms. The van der Waals surface area contributed by atoms with Crippen molar-refractivity contribution in [2.45, 2.75) is 71.8 Å². The molecule has 138 valence electrons. The largest absolute Gasteiger partial charge is 0.354 e. The van der Waals surface area contributed by atoms with Crippen LogP contribution in [0.3, 0.4) is 0 Å². The maximum Gasteiger partial charge on any atom is 0.242 e. The lowest BCUT2D eigenvalue weighted by Gasteiger charge is -2.22. The molecule has 0 spiro atoms. The topological polar surface area (TPSA) is 78.5 Å². The van der Waals surface area contributed by atoms with Gasteiger partial charge in [-0.3, -0.25) is 14.4 Å². The van der Waals surface area contributed by atoms with E-state index in [4.69, 9.17) is 0 Å². The Labute approximate surface area is 145 Å². The zero-order valence-electron chi connectivity index (χ0n) is 15.4. The van der Waals surface area contributed by atoms with Crippen LogP contribution in [0.15, 0.2) is 0 Å². The van der Waals surface area contributed by atoms with Crippen molar-refractivity contribution >= 4 is 17.7 Å². The van der Waals surface area contributed by atoms with Gasteiger partial charge in [0.25, 0.3) is 0 Å². The minimum Gasteiger partial charge on any atom is -0.354 e. The van der Waals surface area contributed by atoms with Crippen molar-refractivity contribution < 1.29 is 14.4 Å². The van der Waals surface area contributed by atoms with Crippen molar-refractivity contribution in [3.8, 4) is 0 Å². The normalized spacial score (nSPS) is 16.3. The van der Waals surface area contributed by atoms with Gasteiger partial charge >= 0.3 is 0 Å². The van der Waals surface area contributed by atoms with Crippen molar-refractivity contribution in [1.29, 1.82) is 0 Å². The Morgan fingerprint density at radius 1 is 1.08 bits per heavy atom. The molecule has 3 amide bonds. The highest BCUT2D eigenvalue weighted by Crippen LogP contribution is 2.26. The van der Waals surface area contributed by atoms with Crippen LogP contribution in [0.25, 0.3) is 0 Å². The molecule has 1 fully saturated rings. The van der Waals surface area contributed by atoms with Crippen LogP contribution in [-0.2, 0) is 14.4 Å². The first-order valence-electron chi connectivity index (χ1n) is 9.32. The molecular weight excluding hydrogens is 306 g/mol. The first kappa shape index (κ1) is 20.5. The summed E-state index contributed by atoms with van der Waals surface area (Å²) in [6.45, 7) is 7.21. The molecule has 6 nitrogen and oxygen atoms in total. The second kappa shape index (κ2) is 11.0. The van der Waals surface area contributed by atoms with Gasteiger partial charge in [-0.2, -0.15) is 0 Å². The fourth-order valence-electron chi connectivity index (χ4n) is 3.20. The molecule has 0 heterocycles. The summed E-state index contributed by atoms with van der Waals surface area (Å²) < 4.78 is 0. The van der Waals surface area contributed by atoms with E-state index in [1.807, 2.05) is 13.8 Å². The van der Waals surface area contributed by atoms with Gasteiger partial charge in [-0.1, -0.05) is 19.3 Å². The molecule has 0 saturated heterocycles. The first-order chi connectivity index (χ1) is 11.5. The molecule has 1 atom stereocenters. The summed E-state index contributed by atoms with van der Waals surface area (Å²) in [5.41, 5.74) is 0. The van der Waals surface area contributed by atoms with Crippen molar-refractivity contribution in [2.24, 2.45) is 5.92 Å². The number of rotatable bonds is 9. The van der Waals surface area contributed by atoms with Crippen LogP contribution in [0.2, 0.25) is 0 Å². The molecule has 0 radical (unpaired) electrons. The molecule has 1 saturated carbocycles. The summed E-state index contributed by atoms with van der Waals surface area (Å²) in [5.74, 6) is 0.207. The Hall–Kier alpha value is -1.59. The Bertz CT molecular complexity index is 416. The lowest BCUT2D eigenvalue weighted by Crippen LogP contribution is -2.46. The van der Waals surface area contributed by atoms with Crippen LogP contribution < -0.4 is 10.6 Å². The van der Waals surface area contributed by atoms with E-state index < -0.39 is 6.04 Å². The molecule has 24 heavy (non-hydrogen) atoms. The average molecular weight is 339 g/mol. The molecule has 1 unspecified atom stereocenters. The average Bonchev–Trinajstić information content (AvgIpc) is 2.56. The summed E-state index contributed by atoms with van der Waals surface area (Å²) in [4.78, 5) is 37.6. The lowest BCUT2D eigenvalue weighted by atomic mass is 9.87. The molecule has 0 aromatic carbocycles. The molecule has 1 aliphatic rings. The molecule has 0 aromatic heterocycles. The molecule has 6 heteroatoms. The van der Waals surface area contributed by atoms with Crippen LogP contribution in [0.1, 0.15) is 65.7 Å². The standard InChI is InChI=1S/C18H33N3O3/c1-4-21(5-2)17(23)11-12-19-18(24)14(3)20-16(22)13-15-9-7-6-8-10-15/h14-15H,4-13H2,1-3H3,(H,19,24)(H,20,22). The third-order valence-electron chi connectivity index (χ3n) is 4.72. The van der Waals surface area contributed by atoms with Gasteiger partial charge < -0.3 is 15.5 Å². The highest BCUT2D eigenvalue weighted by Gasteiger charge is 2.20. The van der Waals surface area contributed by atoms with Crippen molar-refractivity contribution in [1.82, 2.24) is 15.5 Å². The van der Waals surface area contributed by atoms with E-state index in [2.05, 4.69) is 10.6 Å². The zero-order valence-corrected chi connectivity index (χ0v) is 15.4. The second-order valence-corrected chi connectivity index (χ2v) is 6.60. The van der Waals surface area contributed by atoms with Gasteiger partial charge in [-0.05, 0) is 39.5 Å². The minimum atomic E-state index is -0.565. The van der Waals surface area contributed by atoms with Gasteiger partial charge in [0.15, 0.2) is 0 Å². The number of carbonyl (C=O) groups is 3. The van der Waals surface area contributed by atoms with Gasteiger partial charge in [-0.15, -0.1) is 0 Å². The SMILES string of the molecule is CCN(CC)C(=O)CCNC(=O)C(C)NC(=O)CC1CCCCC1. The Morgan fingerprint density at radius 2 is 1.71 bits per heavy atom. The second-order valence-electron chi connectivity index (χ2n) is 6.60. The van der Waals surface area contributed by atoms with Crippen LogP contribution in [0, 0.1) is 5.92 Å².